The van der Waals surface area contributed by atoms with Crippen LogP contribution >= 0.6 is 0 Å². The highest BCUT2D eigenvalue weighted by atomic mass is 16.2. The summed E-state index contributed by atoms with van der Waals surface area (Å²) < 4.78 is 0. The second kappa shape index (κ2) is 6.08. The minimum absolute atomic E-state index is 0.235. The number of hydrogen-bond donors (Lipinski definition) is 1. The number of nitrogens with zero attached hydrogens (tertiary/aromatic N) is 3. The Labute approximate surface area is 124 Å². The standard InChI is InChI=1S/C16H20N4O/c1-12-9-18-19-16(12)14-6-8-20(11-14)15(21)5-4-13-3-2-7-17-10-13/h2-3,7,9-10,14H,4-6,8,11H2,1H3,(H,18,19). The average molecular weight is 284 g/mol. The zero-order valence-electron chi connectivity index (χ0n) is 12.2. The molecule has 1 amide bonds. The number of amides is 1. The number of hydrogen-bond acceptors (Lipinski definition) is 3. The molecule has 1 N–H and O–H groups in total. The molecule has 0 aliphatic carbocycles. The van der Waals surface area contributed by atoms with Gasteiger partial charge in [0, 0.05) is 43.5 Å². The molecule has 3 heterocycles. The maximum Gasteiger partial charge on any atom is 0.222 e. The van der Waals surface area contributed by atoms with Gasteiger partial charge in [-0.15, -0.1) is 0 Å². The third-order valence-corrected chi connectivity index (χ3v) is 4.17. The molecule has 3 rings (SSSR count). The number of carbonyl (C=O) groups is 1. The van der Waals surface area contributed by atoms with Crippen LogP contribution in [0.3, 0.4) is 0 Å². The van der Waals surface area contributed by atoms with Crippen molar-refractivity contribution in [3.63, 3.8) is 0 Å². The summed E-state index contributed by atoms with van der Waals surface area (Å²) >= 11 is 0. The SMILES string of the molecule is Cc1cn[nH]c1C1CCN(C(=O)CCc2cccnc2)C1. The van der Waals surface area contributed by atoms with Crippen LogP contribution in [0.1, 0.15) is 35.6 Å². The summed E-state index contributed by atoms with van der Waals surface area (Å²) in [6.07, 6.45) is 7.76. The van der Waals surface area contributed by atoms with Crippen molar-refractivity contribution in [3.05, 3.63) is 47.5 Å². The van der Waals surface area contributed by atoms with E-state index >= 15 is 0 Å². The fourth-order valence-electron chi connectivity index (χ4n) is 2.95. The van der Waals surface area contributed by atoms with E-state index in [0.717, 1.165) is 31.5 Å². The van der Waals surface area contributed by atoms with Gasteiger partial charge in [-0.3, -0.25) is 14.9 Å². The Balaban J connectivity index is 1.54. The summed E-state index contributed by atoms with van der Waals surface area (Å²) in [4.78, 5) is 18.4. The number of carbonyl (C=O) groups excluding carboxylic acids is 1. The fraction of sp³-hybridized carbons (Fsp3) is 0.438. The molecule has 2 aromatic rings. The molecular weight excluding hydrogens is 264 g/mol. The molecule has 1 aliphatic rings. The van der Waals surface area contributed by atoms with Crippen molar-refractivity contribution in [2.75, 3.05) is 13.1 Å². The van der Waals surface area contributed by atoms with Gasteiger partial charge >= 0.3 is 0 Å². The molecule has 1 unspecified atom stereocenters. The first kappa shape index (κ1) is 13.8. The third kappa shape index (κ3) is 3.12. The van der Waals surface area contributed by atoms with Crippen LogP contribution in [0.25, 0.3) is 0 Å². The summed E-state index contributed by atoms with van der Waals surface area (Å²) in [5, 5.41) is 7.15. The number of likely N-dealkylation sites (tertiary alicyclic amines) is 1. The van der Waals surface area contributed by atoms with Crippen LogP contribution in [0.2, 0.25) is 0 Å². The zero-order valence-corrected chi connectivity index (χ0v) is 12.2. The molecule has 5 heteroatoms. The number of H-pyrrole nitrogens is 1. The molecule has 1 saturated heterocycles. The summed E-state index contributed by atoms with van der Waals surface area (Å²) in [7, 11) is 0. The Morgan fingerprint density at radius 2 is 2.38 bits per heavy atom. The topological polar surface area (TPSA) is 61.9 Å². The highest BCUT2D eigenvalue weighted by molar-refractivity contribution is 5.76. The van der Waals surface area contributed by atoms with Gasteiger partial charge in [-0.1, -0.05) is 6.07 Å². The van der Waals surface area contributed by atoms with Crippen molar-refractivity contribution < 1.29 is 4.79 Å². The van der Waals surface area contributed by atoms with Gasteiger partial charge in [0.05, 0.1) is 6.20 Å². The molecular formula is C16H20N4O. The molecule has 2 aromatic heterocycles. The molecule has 5 nitrogen and oxygen atoms in total. The van der Waals surface area contributed by atoms with E-state index in [0.29, 0.717) is 12.3 Å². The number of rotatable bonds is 4. The third-order valence-electron chi connectivity index (χ3n) is 4.17. The van der Waals surface area contributed by atoms with Crippen molar-refractivity contribution in [2.24, 2.45) is 0 Å². The van der Waals surface area contributed by atoms with Crippen molar-refractivity contribution >= 4 is 5.91 Å². The van der Waals surface area contributed by atoms with Gasteiger partial charge in [0.15, 0.2) is 0 Å². The molecule has 0 bridgehead atoms. The quantitative estimate of drug-likeness (QED) is 0.934. The van der Waals surface area contributed by atoms with Gasteiger partial charge in [0.2, 0.25) is 5.91 Å². The normalized spacial score (nSPS) is 18.1. The highest BCUT2D eigenvalue weighted by Gasteiger charge is 2.28. The number of nitrogens with one attached hydrogen (secondary N) is 1. The second-order valence-corrected chi connectivity index (χ2v) is 5.65. The van der Waals surface area contributed by atoms with Crippen LogP contribution in [0.15, 0.2) is 30.7 Å². The van der Waals surface area contributed by atoms with Gasteiger partial charge in [0.25, 0.3) is 0 Å². The van der Waals surface area contributed by atoms with Crippen molar-refractivity contribution in [3.8, 4) is 0 Å². The minimum Gasteiger partial charge on any atom is -0.342 e. The monoisotopic (exact) mass is 284 g/mol. The lowest BCUT2D eigenvalue weighted by atomic mass is 10.0. The Bertz CT molecular complexity index is 608. The van der Waals surface area contributed by atoms with Crippen LogP contribution in [-0.2, 0) is 11.2 Å². The molecule has 0 aromatic carbocycles. The lowest BCUT2D eigenvalue weighted by molar-refractivity contribution is -0.130. The van der Waals surface area contributed by atoms with Crippen LogP contribution in [0.4, 0.5) is 0 Å². The van der Waals surface area contributed by atoms with Gasteiger partial charge in [0.1, 0.15) is 0 Å². The molecule has 21 heavy (non-hydrogen) atoms. The van der Waals surface area contributed by atoms with Crippen LogP contribution < -0.4 is 0 Å². The maximum absolute atomic E-state index is 12.3. The first-order chi connectivity index (χ1) is 10.2. The Kier molecular flexibility index (Phi) is 3.99. The van der Waals surface area contributed by atoms with Crippen LogP contribution in [0, 0.1) is 6.92 Å². The minimum atomic E-state index is 0.235. The smallest absolute Gasteiger partial charge is 0.222 e. The number of aryl methyl sites for hydroxylation is 2. The van der Waals surface area contributed by atoms with Crippen molar-refractivity contribution in [1.82, 2.24) is 20.1 Å². The van der Waals surface area contributed by atoms with Gasteiger partial charge in [-0.2, -0.15) is 5.10 Å². The van der Waals surface area contributed by atoms with E-state index in [4.69, 9.17) is 0 Å². The van der Waals surface area contributed by atoms with E-state index < -0.39 is 0 Å². The largest absolute Gasteiger partial charge is 0.342 e. The summed E-state index contributed by atoms with van der Waals surface area (Å²) in [5.41, 5.74) is 3.48. The molecule has 0 spiro atoms. The Hall–Kier alpha value is -2.17. The van der Waals surface area contributed by atoms with E-state index in [9.17, 15) is 4.79 Å². The number of pyridine rings is 1. The van der Waals surface area contributed by atoms with Crippen molar-refractivity contribution in [1.29, 1.82) is 0 Å². The zero-order chi connectivity index (χ0) is 14.7. The predicted molar refractivity (Wildman–Crippen MR) is 79.8 cm³/mol. The second-order valence-electron chi connectivity index (χ2n) is 5.65. The summed E-state index contributed by atoms with van der Waals surface area (Å²) in [6.45, 7) is 3.70. The molecule has 110 valence electrons. The van der Waals surface area contributed by atoms with E-state index in [2.05, 4.69) is 22.1 Å². The number of aromatic nitrogens is 3. The predicted octanol–water partition coefficient (Wildman–Crippen LogP) is 2.06. The lowest BCUT2D eigenvalue weighted by Crippen LogP contribution is -2.28. The van der Waals surface area contributed by atoms with Crippen LogP contribution in [-0.4, -0.2) is 39.1 Å². The van der Waals surface area contributed by atoms with E-state index in [-0.39, 0.29) is 5.91 Å². The molecule has 0 saturated carbocycles. The first-order valence-corrected chi connectivity index (χ1v) is 7.40. The Morgan fingerprint density at radius 1 is 1.48 bits per heavy atom. The lowest BCUT2D eigenvalue weighted by Gasteiger charge is -2.16. The maximum atomic E-state index is 12.3. The highest BCUT2D eigenvalue weighted by Crippen LogP contribution is 2.28. The summed E-state index contributed by atoms with van der Waals surface area (Å²) in [5.74, 6) is 0.633. The van der Waals surface area contributed by atoms with Gasteiger partial charge in [-0.25, -0.2) is 0 Å². The van der Waals surface area contributed by atoms with Gasteiger partial charge < -0.3 is 4.90 Å². The average Bonchev–Trinajstić information content (AvgIpc) is 3.14. The molecule has 0 radical (unpaired) electrons. The van der Waals surface area contributed by atoms with E-state index in [1.807, 2.05) is 29.4 Å². The molecule has 1 fully saturated rings. The summed E-state index contributed by atoms with van der Waals surface area (Å²) in [6, 6.07) is 3.92. The first-order valence-electron chi connectivity index (χ1n) is 7.40. The van der Waals surface area contributed by atoms with Crippen LogP contribution in [0.5, 0.6) is 0 Å². The van der Waals surface area contributed by atoms with Gasteiger partial charge in [-0.05, 0) is 37.0 Å². The fourth-order valence-corrected chi connectivity index (χ4v) is 2.95. The number of aromatic amines is 1. The van der Waals surface area contributed by atoms with E-state index in [1.54, 1.807) is 6.20 Å². The Morgan fingerprint density at radius 3 is 3.10 bits per heavy atom. The van der Waals surface area contributed by atoms with Crippen molar-refractivity contribution in [2.45, 2.75) is 32.1 Å². The molecule has 1 aliphatic heterocycles. The van der Waals surface area contributed by atoms with E-state index in [1.165, 1.54) is 11.3 Å². The molecule has 1 atom stereocenters.